The van der Waals surface area contributed by atoms with E-state index in [2.05, 4.69) is 15.2 Å². The first kappa shape index (κ1) is 19.0. The Labute approximate surface area is 157 Å². The number of aliphatic imine (C=N–C) groups is 1. The molecule has 5 heteroatoms. The third-order valence-electron chi connectivity index (χ3n) is 6.22. The normalized spacial score (nSPS) is 19.9. The van der Waals surface area contributed by atoms with Crippen molar-refractivity contribution in [2.24, 2.45) is 10.4 Å². The molecule has 0 aromatic carbocycles. The lowest BCUT2D eigenvalue weighted by atomic mass is 9.73. The summed E-state index contributed by atoms with van der Waals surface area (Å²) < 4.78 is 1.86. The van der Waals surface area contributed by atoms with Crippen molar-refractivity contribution in [1.82, 2.24) is 14.8 Å². The topological polar surface area (TPSA) is 49.6 Å². The van der Waals surface area contributed by atoms with Crippen molar-refractivity contribution in [3.8, 4) is 0 Å². The summed E-state index contributed by atoms with van der Waals surface area (Å²) in [4.78, 5) is 18.9. The molecule has 1 N–H and O–H groups in total. The van der Waals surface area contributed by atoms with E-state index in [4.69, 9.17) is 0 Å². The average Bonchev–Trinajstić information content (AvgIpc) is 3.04. The van der Waals surface area contributed by atoms with E-state index in [9.17, 15) is 4.79 Å². The van der Waals surface area contributed by atoms with Gasteiger partial charge in [-0.1, -0.05) is 25.3 Å². The Hall–Kier alpha value is -1.78. The summed E-state index contributed by atoms with van der Waals surface area (Å²) in [5.74, 6) is 1.06. The largest absolute Gasteiger partial charge is 0.356 e. The van der Waals surface area contributed by atoms with Crippen LogP contribution in [0.1, 0.15) is 57.1 Å². The monoisotopic (exact) mass is 358 g/mol. The maximum absolute atomic E-state index is 11.9. The molecule has 0 bridgehead atoms. The van der Waals surface area contributed by atoms with E-state index in [1.54, 1.807) is 6.07 Å². The van der Waals surface area contributed by atoms with Gasteiger partial charge in [-0.15, -0.1) is 0 Å². The van der Waals surface area contributed by atoms with Gasteiger partial charge in [-0.2, -0.15) is 0 Å². The van der Waals surface area contributed by atoms with E-state index in [-0.39, 0.29) is 5.56 Å². The number of likely N-dealkylation sites (tertiary alicyclic amines) is 1. The van der Waals surface area contributed by atoms with Crippen LogP contribution in [0, 0.1) is 12.3 Å². The molecule has 26 heavy (non-hydrogen) atoms. The van der Waals surface area contributed by atoms with Gasteiger partial charge in [0.05, 0.1) is 0 Å². The molecular formula is C21H34N4O. The zero-order chi connectivity index (χ0) is 18.4. The molecule has 0 amide bonds. The minimum absolute atomic E-state index is 0.101. The van der Waals surface area contributed by atoms with E-state index < -0.39 is 0 Å². The maximum atomic E-state index is 11.9. The zero-order valence-electron chi connectivity index (χ0n) is 16.5. The summed E-state index contributed by atoms with van der Waals surface area (Å²) in [7, 11) is 1.89. The number of unbranched alkanes of at least 4 members (excludes halogenated alkanes) is 1. The van der Waals surface area contributed by atoms with E-state index in [0.717, 1.165) is 44.1 Å². The minimum Gasteiger partial charge on any atom is -0.356 e. The molecule has 1 spiro atoms. The molecule has 0 radical (unpaired) electrons. The molecule has 1 aliphatic carbocycles. The Morgan fingerprint density at radius 3 is 2.73 bits per heavy atom. The van der Waals surface area contributed by atoms with Crippen LogP contribution in [0.5, 0.6) is 0 Å². The third-order valence-corrected chi connectivity index (χ3v) is 6.22. The quantitative estimate of drug-likeness (QED) is 0.500. The molecule has 0 unspecified atom stereocenters. The summed E-state index contributed by atoms with van der Waals surface area (Å²) in [6.07, 6.45) is 10.4. The smallest absolute Gasteiger partial charge is 0.250 e. The standard InChI is InChI=1S/C21H34N4O/c1-18-9-8-10-19(26)25(18)15-7-6-14-23-20(22-2)24-16-13-21(17-24)11-4-3-5-12-21/h8-10H,3-7,11-17H2,1-2H3,(H,22,23). The van der Waals surface area contributed by atoms with Crippen LogP contribution in [0.25, 0.3) is 0 Å². The van der Waals surface area contributed by atoms with Gasteiger partial charge >= 0.3 is 0 Å². The van der Waals surface area contributed by atoms with Crippen LogP contribution in [0.15, 0.2) is 28.0 Å². The van der Waals surface area contributed by atoms with Gasteiger partial charge in [0.15, 0.2) is 5.96 Å². The van der Waals surface area contributed by atoms with Crippen molar-refractivity contribution in [3.63, 3.8) is 0 Å². The molecule has 1 saturated heterocycles. The lowest BCUT2D eigenvalue weighted by Gasteiger charge is -2.33. The molecule has 1 aromatic heterocycles. The first-order valence-corrected chi connectivity index (χ1v) is 10.3. The third kappa shape index (κ3) is 4.49. The molecule has 2 aliphatic rings. The van der Waals surface area contributed by atoms with Crippen molar-refractivity contribution in [3.05, 3.63) is 34.2 Å². The Balaban J connectivity index is 1.42. The number of aryl methyl sites for hydroxylation is 1. The maximum Gasteiger partial charge on any atom is 0.250 e. The molecule has 1 aromatic rings. The van der Waals surface area contributed by atoms with Gasteiger partial charge in [-0.3, -0.25) is 9.79 Å². The first-order chi connectivity index (χ1) is 12.6. The number of hydrogen-bond acceptors (Lipinski definition) is 2. The summed E-state index contributed by atoms with van der Waals surface area (Å²) >= 11 is 0. The van der Waals surface area contributed by atoms with Gasteiger partial charge in [0.1, 0.15) is 0 Å². The lowest BCUT2D eigenvalue weighted by molar-refractivity contribution is 0.203. The second kappa shape index (κ2) is 8.74. The van der Waals surface area contributed by atoms with Crippen LogP contribution in [0.3, 0.4) is 0 Å². The molecular weight excluding hydrogens is 324 g/mol. The van der Waals surface area contributed by atoms with Crippen molar-refractivity contribution >= 4 is 5.96 Å². The van der Waals surface area contributed by atoms with Crippen LogP contribution >= 0.6 is 0 Å². The highest BCUT2D eigenvalue weighted by molar-refractivity contribution is 5.80. The predicted molar refractivity (Wildman–Crippen MR) is 108 cm³/mol. The molecule has 0 atom stereocenters. The zero-order valence-corrected chi connectivity index (χ0v) is 16.5. The number of nitrogens with zero attached hydrogens (tertiary/aromatic N) is 3. The van der Waals surface area contributed by atoms with E-state index in [0.29, 0.717) is 5.41 Å². The van der Waals surface area contributed by atoms with Gasteiger partial charge in [-0.25, -0.2) is 0 Å². The number of guanidine groups is 1. The fourth-order valence-electron chi connectivity index (χ4n) is 4.66. The van der Waals surface area contributed by atoms with Gasteiger partial charge < -0.3 is 14.8 Å². The highest BCUT2D eigenvalue weighted by Gasteiger charge is 2.39. The number of aromatic nitrogens is 1. The Morgan fingerprint density at radius 1 is 1.19 bits per heavy atom. The molecule has 1 aliphatic heterocycles. The van der Waals surface area contributed by atoms with Gasteiger partial charge in [0, 0.05) is 45.0 Å². The second-order valence-electron chi connectivity index (χ2n) is 8.07. The number of hydrogen-bond donors (Lipinski definition) is 1. The summed E-state index contributed by atoms with van der Waals surface area (Å²) in [5.41, 5.74) is 1.70. The number of nitrogens with one attached hydrogen (secondary N) is 1. The lowest BCUT2D eigenvalue weighted by Crippen LogP contribution is -2.42. The van der Waals surface area contributed by atoms with Crippen LogP contribution in [0.4, 0.5) is 0 Å². The van der Waals surface area contributed by atoms with E-state index >= 15 is 0 Å². The van der Waals surface area contributed by atoms with Crippen LogP contribution < -0.4 is 10.9 Å². The molecule has 144 valence electrons. The number of pyridine rings is 1. The average molecular weight is 359 g/mol. The van der Waals surface area contributed by atoms with Crippen molar-refractivity contribution in [2.45, 2.75) is 64.8 Å². The van der Waals surface area contributed by atoms with E-state index in [1.165, 1.54) is 45.1 Å². The minimum atomic E-state index is 0.101. The van der Waals surface area contributed by atoms with Crippen LogP contribution in [0.2, 0.25) is 0 Å². The second-order valence-corrected chi connectivity index (χ2v) is 8.07. The highest BCUT2D eigenvalue weighted by Crippen LogP contribution is 2.43. The van der Waals surface area contributed by atoms with Gasteiger partial charge in [0.2, 0.25) is 0 Å². The Morgan fingerprint density at radius 2 is 2.00 bits per heavy atom. The highest BCUT2D eigenvalue weighted by atomic mass is 16.1. The molecule has 3 rings (SSSR count). The fraction of sp³-hybridized carbons (Fsp3) is 0.714. The SMILES string of the molecule is CN=C(NCCCCn1c(C)cccc1=O)N1CCC2(CCCCC2)C1. The molecule has 2 fully saturated rings. The van der Waals surface area contributed by atoms with Crippen molar-refractivity contribution in [2.75, 3.05) is 26.7 Å². The molecule has 1 saturated carbocycles. The van der Waals surface area contributed by atoms with Crippen molar-refractivity contribution < 1.29 is 0 Å². The van der Waals surface area contributed by atoms with Crippen molar-refractivity contribution in [1.29, 1.82) is 0 Å². The Kier molecular flexibility index (Phi) is 6.38. The Bertz CT molecular complexity index is 673. The summed E-state index contributed by atoms with van der Waals surface area (Å²) in [6.45, 7) is 6.01. The van der Waals surface area contributed by atoms with Gasteiger partial charge in [-0.05, 0) is 50.5 Å². The fourth-order valence-corrected chi connectivity index (χ4v) is 4.66. The van der Waals surface area contributed by atoms with Gasteiger partial charge in [0.25, 0.3) is 5.56 Å². The van der Waals surface area contributed by atoms with E-state index in [1.807, 2.05) is 30.7 Å². The number of rotatable bonds is 5. The first-order valence-electron chi connectivity index (χ1n) is 10.3. The van der Waals surface area contributed by atoms with Crippen LogP contribution in [-0.2, 0) is 6.54 Å². The summed E-state index contributed by atoms with van der Waals surface area (Å²) in [5, 5.41) is 3.54. The molecule has 5 nitrogen and oxygen atoms in total. The van der Waals surface area contributed by atoms with Crippen LogP contribution in [-0.4, -0.2) is 42.1 Å². The summed E-state index contributed by atoms with van der Waals surface area (Å²) in [6, 6.07) is 5.46. The predicted octanol–water partition coefficient (Wildman–Crippen LogP) is 3.17. The molecule has 2 heterocycles.